The summed E-state index contributed by atoms with van der Waals surface area (Å²) >= 11 is 0. The molecular weight excluding hydrogens is 196 g/mol. The molecule has 2 rings (SSSR count). The lowest BCUT2D eigenvalue weighted by Gasteiger charge is -2.34. The molecule has 1 aliphatic rings. The third-order valence-electron chi connectivity index (χ3n) is 3.22. The Balaban J connectivity index is 2.42. The lowest BCUT2D eigenvalue weighted by Crippen LogP contribution is -2.37. The number of hydrogen-bond donors (Lipinski definition) is 1. The molecule has 88 valence electrons. The molecule has 0 fully saturated rings. The number of benzene rings is 1. The first-order valence-corrected chi connectivity index (χ1v) is 6.00. The van der Waals surface area contributed by atoms with Gasteiger partial charge in [0.25, 0.3) is 0 Å². The molecule has 16 heavy (non-hydrogen) atoms. The number of hydrogen-bond acceptors (Lipinski definition) is 2. The summed E-state index contributed by atoms with van der Waals surface area (Å²) in [5.41, 5.74) is 4.19. The van der Waals surface area contributed by atoms with Gasteiger partial charge in [0.2, 0.25) is 0 Å². The fourth-order valence-electron chi connectivity index (χ4n) is 2.27. The molecule has 1 atom stereocenters. The summed E-state index contributed by atoms with van der Waals surface area (Å²) in [6.07, 6.45) is 0. The number of fused-ring (bicyclic) bond motifs is 1. The Morgan fingerprint density at radius 1 is 1.31 bits per heavy atom. The van der Waals surface area contributed by atoms with Gasteiger partial charge in [-0.2, -0.15) is 0 Å². The van der Waals surface area contributed by atoms with Crippen molar-refractivity contribution in [3.8, 4) is 0 Å². The molecule has 2 nitrogen and oxygen atoms in total. The average Bonchev–Trinajstić information content (AvgIpc) is 2.15. The second-order valence-electron chi connectivity index (χ2n) is 5.91. The second-order valence-corrected chi connectivity index (χ2v) is 5.91. The Morgan fingerprint density at radius 2 is 2.00 bits per heavy atom. The monoisotopic (exact) mass is 218 g/mol. The molecule has 1 aromatic carbocycles. The van der Waals surface area contributed by atoms with Crippen molar-refractivity contribution >= 4 is 11.4 Å². The summed E-state index contributed by atoms with van der Waals surface area (Å²) in [5.74, 6) is 0. The van der Waals surface area contributed by atoms with Crippen LogP contribution in [0.5, 0.6) is 0 Å². The molecule has 0 spiro atoms. The van der Waals surface area contributed by atoms with Crippen molar-refractivity contribution in [3.63, 3.8) is 0 Å². The maximum atomic E-state index is 3.56. The zero-order valence-electron chi connectivity index (χ0n) is 11.0. The van der Waals surface area contributed by atoms with Crippen LogP contribution in [0.3, 0.4) is 0 Å². The number of rotatable bonds is 0. The molecule has 0 radical (unpaired) electrons. The first-order valence-electron chi connectivity index (χ1n) is 6.00. The largest absolute Gasteiger partial charge is 0.379 e. The van der Waals surface area contributed by atoms with Crippen LogP contribution < -0.4 is 10.2 Å². The summed E-state index contributed by atoms with van der Waals surface area (Å²) in [7, 11) is 2.16. The average molecular weight is 218 g/mol. The molecule has 1 N–H and O–H groups in total. The van der Waals surface area contributed by atoms with Gasteiger partial charge >= 0.3 is 0 Å². The predicted octanol–water partition coefficient (Wildman–Crippen LogP) is 3.23. The number of likely N-dealkylation sites (N-methyl/N-ethyl adjacent to an activating group) is 1. The van der Waals surface area contributed by atoms with E-state index in [-0.39, 0.29) is 5.41 Å². The van der Waals surface area contributed by atoms with Crippen molar-refractivity contribution in [2.75, 3.05) is 23.8 Å². The van der Waals surface area contributed by atoms with Crippen molar-refractivity contribution < 1.29 is 0 Å². The van der Waals surface area contributed by atoms with Gasteiger partial charge in [0.05, 0.1) is 11.4 Å². The second kappa shape index (κ2) is 3.69. The van der Waals surface area contributed by atoms with Crippen LogP contribution in [0, 0.1) is 0 Å². The van der Waals surface area contributed by atoms with Gasteiger partial charge in [0.15, 0.2) is 0 Å². The highest BCUT2D eigenvalue weighted by molar-refractivity contribution is 5.73. The highest BCUT2D eigenvalue weighted by Gasteiger charge is 2.21. The lowest BCUT2D eigenvalue weighted by atomic mass is 9.86. The number of anilines is 2. The van der Waals surface area contributed by atoms with Gasteiger partial charge in [-0.15, -0.1) is 0 Å². The Kier molecular flexibility index (Phi) is 2.61. The fourth-order valence-corrected chi connectivity index (χ4v) is 2.27. The van der Waals surface area contributed by atoms with Crippen LogP contribution >= 0.6 is 0 Å². The van der Waals surface area contributed by atoms with Gasteiger partial charge in [-0.3, -0.25) is 0 Å². The highest BCUT2D eigenvalue weighted by atomic mass is 15.2. The molecule has 1 heterocycles. The molecule has 0 saturated carbocycles. The Morgan fingerprint density at radius 3 is 2.62 bits per heavy atom. The van der Waals surface area contributed by atoms with Crippen LogP contribution in [0.15, 0.2) is 18.2 Å². The summed E-state index contributed by atoms with van der Waals surface area (Å²) < 4.78 is 0. The third-order valence-corrected chi connectivity index (χ3v) is 3.22. The maximum absolute atomic E-state index is 3.56. The smallest absolute Gasteiger partial charge is 0.0600 e. The SMILES string of the molecule is CC1CN(C)c2ccc(C(C)(C)C)cc2N1. The van der Waals surface area contributed by atoms with E-state index in [1.165, 1.54) is 16.9 Å². The van der Waals surface area contributed by atoms with Crippen molar-refractivity contribution in [2.24, 2.45) is 0 Å². The Hall–Kier alpha value is -1.18. The van der Waals surface area contributed by atoms with Crippen molar-refractivity contribution in [2.45, 2.75) is 39.2 Å². The Bertz CT molecular complexity index is 390. The fraction of sp³-hybridized carbons (Fsp3) is 0.571. The summed E-state index contributed by atoms with van der Waals surface area (Å²) in [6.45, 7) is 10.1. The molecule has 1 aromatic rings. The van der Waals surface area contributed by atoms with E-state index in [1.54, 1.807) is 0 Å². The van der Waals surface area contributed by atoms with E-state index in [0.717, 1.165) is 6.54 Å². The molecule has 0 aliphatic carbocycles. The summed E-state index contributed by atoms with van der Waals surface area (Å²) in [6, 6.07) is 7.29. The van der Waals surface area contributed by atoms with Gasteiger partial charge in [-0.05, 0) is 30.0 Å². The van der Waals surface area contributed by atoms with Crippen molar-refractivity contribution in [3.05, 3.63) is 23.8 Å². The van der Waals surface area contributed by atoms with Gasteiger partial charge in [0.1, 0.15) is 0 Å². The quantitative estimate of drug-likeness (QED) is 0.719. The van der Waals surface area contributed by atoms with E-state index in [4.69, 9.17) is 0 Å². The zero-order chi connectivity index (χ0) is 11.9. The first-order chi connectivity index (χ1) is 7.38. The van der Waals surface area contributed by atoms with Crippen molar-refractivity contribution in [1.82, 2.24) is 0 Å². The van der Waals surface area contributed by atoms with Gasteiger partial charge < -0.3 is 10.2 Å². The van der Waals surface area contributed by atoms with E-state index < -0.39 is 0 Å². The molecule has 0 amide bonds. The summed E-state index contributed by atoms with van der Waals surface area (Å²) in [4.78, 5) is 2.32. The van der Waals surface area contributed by atoms with Gasteiger partial charge in [-0.1, -0.05) is 26.8 Å². The molecular formula is C14H22N2. The third kappa shape index (κ3) is 2.01. The highest BCUT2D eigenvalue weighted by Crippen LogP contribution is 2.34. The van der Waals surface area contributed by atoms with Crippen molar-refractivity contribution in [1.29, 1.82) is 0 Å². The lowest BCUT2D eigenvalue weighted by molar-refractivity contribution is 0.589. The standard InChI is InChI=1S/C14H22N2/c1-10-9-16(5)13-7-6-11(14(2,3)4)8-12(13)15-10/h6-8,10,15H,9H2,1-5H3. The van der Waals surface area contributed by atoms with E-state index >= 15 is 0 Å². The maximum Gasteiger partial charge on any atom is 0.0600 e. The van der Waals surface area contributed by atoms with Crippen LogP contribution in [0.1, 0.15) is 33.3 Å². The molecule has 1 aliphatic heterocycles. The number of nitrogens with one attached hydrogen (secondary N) is 1. The topological polar surface area (TPSA) is 15.3 Å². The van der Waals surface area contributed by atoms with Crippen LogP contribution in [0.25, 0.3) is 0 Å². The van der Waals surface area contributed by atoms with E-state index in [2.05, 4.69) is 63.2 Å². The molecule has 0 saturated heterocycles. The molecule has 1 unspecified atom stereocenters. The minimum Gasteiger partial charge on any atom is -0.379 e. The van der Waals surface area contributed by atoms with Gasteiger partial charge in [-0.25, -0.2) is 0 Å². The van der Waals surface area contributed by atoms with Crippen LogP contribution in [-0.2, 0) is 5.41 Å². The number of nitrogens with zero attached hydrogens (tertiary/aromatic N) is 1. The van der Waals surface area contributed by atoms with Crippen LogP contribution in [0.2, 0.25) is 0 Å². The molecule has 0 bridgehead atoms. The molecule has 2 heteroatoms. The molecule has 0 aromatic heterocycles. The minimum atomic E-state index is 0.218. The van der Waals surface area contributed by atoms with Crippen LogP contribution in [0.4, 0.5) is 11.4 Å². The Labute approximate surface area is 98.7 Å². The zero-order valence-corrected chi connectivity index (χ0v) is 11.0. The van der Waals surface area contributed by atoms with Gasteiger partial charge in [0, 0.05) is 19.6 Å². The predicted molar refractivity (Wildman–Crippen MR) is 71.5 cm³/mol. The minimum absolute atomic E-state index is 0.218. The summed E-state index contributed by atoms with van der Waals surface area (Å²) in [5, 5.41) is 3.56. The first kappa shape index (κ1) is 11.3. The van der Waals surface area contributed by atoms with E-state index in [1.807, 2.05) is 0 Å². The normalized spacial score (nSPS) is 20.3. The van der Waals surface area contributed by atoms with Crippen LogP contribution in [-0.4, -0.2) is 19.6 Å². The van der Waals surface area contributed by atoms with E-state index in [9.17, 15) is 0 Å². The van der Waals surface area contributed by atoms with E-state index in [0.29, 0.717) is 6.04 Å².